The van der Waals surface area contributed by atoms with E-state index in [9.17, 15) is 4.79 Å². The molecule has 0 radical (unpaired) electrons. The molecule has 0 spiro atoms. The van der Waals surface area contributed by atoms with Crippen molar-refractivity contribution in [1.82, 2.24) is 0 Å². The summed E-state index contributed by atoms with van der Waals surface area (Å²) in [6.45, 7) is 6.08. The van der Waals surface area contributed by atoms with Gasteiger partial charge in [-0.25, -0.2) is 0 Å². The molecular weight excluding hydrogens is 148 g/mol. The first kappa shape index (κ1) is 9.50. The van der Waals surface area contributed by atoms with Gasteiger partial charge in [-0.3, -0.25) is 4.79 Å². The minimum Gasteiger partial charge on any atom is -0.295 e. The molecule has 0 unspecified atom stereocenters. The first-order chi connectivity index (χ1) is 5.70. The lowest BCUT2D eigenvalue weighted by Gasteiger charge is -2.18. The quantitative estimate of drug-likeness (QED) is 0.630. The Morgan fingerprint density at radius 1 is 1.50 bits per heavy atom. The second-order valence-electron chi connectivity index (χ2n) is 3.63. The maximum absolute atomic E-state index is 11.2. The van der Waals surface area contributed by atoms with E-state index >= 15 is 0 Å². The fraction of sp³-hybridized carbons (Fsp3) is 0.727. The van der Waals surface area contributed by atoms with E-state index in [-0.39, 0.29) is 5.78 Å². The van der Waals surface area contributed by atoms with E-state index in [0.29, 0.717) is 5.92 Å². The smallest absolute Gasteiger partial charge is 0.155 e. The molecule has 0 saturated heterocycles. The Morgan fingerprint density at radius 3 is 2.58 bits per heavy atom. The van der Waals surface area contributed by atoms with Crippen molar-refractivity contribution in [3.63, 3.8) is 0 Å². The highest BCUT2D eigenvalue weighted by molar-refractivity contribution is 5.94. The van der Waals surface area contributed by atoms with Crippen molar-refractivity contribution in [3.8, 4) is 0 Å². The molecular formula is C11H18O. The number of carbonyl (C=O) groups excluding carboxylic acids is 1. The second kappa shape index (κ2) is 3.88. The number of ketones is 1. The predicted octanol–water partition coefficient (Wildman–Crippen LogP) is 2.96. The van der Waals surface area contributed by atoms with Crippen LogP contribution in [0.2, 0.25) is 0 Å². The molecule has 0 bridgehead atoms. The zero-order valence-corrected chi connectivity index (χ0v) is 8.26. The second-order valence-corrected chi connectivity index (χ2v) is 3.63. The summed E-state index contributed by atoms with van der Waals surface area (Å²) in [5.41, 5.74) is 1.09. The molecule has 12 heavy (non-hydrogen) atoms. The van der Waals surface area contributed by atoms with Gasteiger partial charge < -0.3 is 0 Å². The SMILES string of the molecule is CC[C@@H]1CC=C(C(C)=O)[C@@H]1CC. The van der Waals surface area contributed by atoms with Gasteiger partial charge in [-0.15, -0.1) is 0 Å². The van der Waals surface area contributed by atoms with Crippen LogP contribution in [-0.4, -0.2) is 5.78 Å². The van der Waals surface area contributed by atoms with Crippen LogP contribution in [0.15, 0.2) is 11.6 Å². The van der Waals surface area contributed by atoms with Gasteiger partial charge in [-0.05, 0) is 37.2 Å². The number of allylic oxidation sites excluding steroid dienone is 2. The van der Waals surface area contributed by atoms with Gasteiger partial charge in [-0.2, -0.15) is 0 Å². The number of carbonyl (C=O) groups is 1. The topological polar surface area (TPSA) is 17.1 Å². The van der Waals surface area contributed by atoms with Crippen LogP contribution < -0.4 is 0 Å². The molecule has 0 aromatic heterocycles. The van der Waals surface area contributed by atoms with E-state index in [1.165, 1.54) is 6.42 Å². The molecule has 2 atom stereocenters. The maximum atomic E-state index is 11.2. The van der Waals surface area contributed by atoms with Gasteiger partial charge in [-0.1, -0.05) is 26.3 Å². The van der Waals surface area contributed by atoms with Gasteiger partial charge in [0.15, 0.2) is 5.78 Å². The molecule has 0 aliphatic heterocycles. The monoisotopic (exact) mass is 166 g/mol. The molecule has 1 aliphatic rings. The van der Waals surface area contributed by atoms with E-state index in [1.807, 2.05) is 0 Å². The van der Waals surface area contributed by atoms with Crippen LogP contribution >= 0.6 is 0 Å². The first-order valence-corrected chi connectivity index (χ1v) is 4.91. The van der Waals surface area contributed by atoms with Gasteiger partial charge in [0.25, 0.3) is 0 Å². The third-order valence-electron chi connectivity index (χ3n) is 2.98. The van der Waals surface area contributed by atoms with Gasteiger partial charge in [0.1, 0.15) is 0 Å². The summed E-state index contributed by atoms with van der Waals surface area (Å²) in [5, 5.41) is 0. The number of hydrogen-bond acceptors (Lipinski definition) is 1. The molecule has 1 rings (SSSR count). The van der Waals surface area contributed by atoms with Crippen LogP contribution in [0.3, 0.4) is 0 Å². The fourth-order valence-corrected chi connectivity index (χ4v) is 2.26. The Bertz CT molecular complexity index is 203. The van der Waals surface area contributed by atoms with E-state index in [1.54, 1.807) is 6.92 Å². The van der Waals surface area contributed by atoms with Gasteiger partial charge >= 0.3 is 0 Å². The molecule has 0 fully saturated rings. The Kier molecular flexibility index (Phi) is 3.07. The molecule has 0 aromatic carbocycles. The summed E-state index contributed by atoms with van der Waals surface area (Å²) in [4.78, 5) is 11.2. The van der Waals surface area contributed by atoms with E-state index in [4.69, 9.17) is 0 Å². The Morgan fingerprint density at radius 2 is 2.17 bits per heavy atom. The summed E-state index contributed by atoms with van der Waals surface area (Å²) in [7, 11) is 0. The third-order valence-corrected chi connectivity index (χ3v) is 2.98. The molecule has 0 saturated carbocycles. The summed E-state index contributed by atoms with van der Waals surface area (Å²) < 4.78 is 0. The minimum atomic E-state index is 0.276. The zero-order chi connectivity index (χ0) is 9.14. The molecule has 0 N–H and O–H groups in total. The third kappa shape index (κ3) is 1.60. The zero-order valence-electron chi connectivity index (χ0n) is 8.26. The highest BCUT2D eigenvalue weighted by Crippen LogP contribution is 2.36. The first-order valence-electron chi connectivity index (χ1n) is 4.91. The van der Waals surface area contributed by atoms with Crippen molar-refractivity contribution in [3.05, 3.63) is 11.6 Å². The van der Waals surface area contributed by atoms with Crippen LogP contribution in [0.25, 0.3) is 0 Å². The van der Waals surface area contributed by atoms with Crippen LogP contribution in [0.5, 0.6) is 0 Å². The molecule has 1 heteroatoms. The number of Topliss-reactive ketones (excluding diaryl/α,β-unsaturated/α-hetero) is 1. The highest BCUT2D eigenvalue weighted by Gasteiger charge is 2.28. The van der Waals surface area contributed by atoms with Crippen LogP contribution in [0.1, 0.15) is 40.0 Å². The summed E-state index contributed by atoms with van der Waals surface area (Å²) >= 11 is 0. The van der Waals surface area contributed by atoms with E-state index in [0.717, 1.165) is 24.3 Å². The number of rotatable bonds is 3. The van der Waals surface area contributed by atoms with Crippen molar-refractivity contribution >= 4 is 5.78 Å². The Hall–Kier alpha value is -0.590. The molecule has 0 heterocycles. The maximum Gasteiger partial charge on any atom is 0.155 e. The molecule has 1 nitrogen and oxygen atoms in total. The summed E-state index contributed by atoms with van der Waals surface area (Å²) in [6.07, 6.45) is 5.57. The Balaban J connectivity index is 2.71. The highest BCUT2D eigenvalue weighted by atomic mass is 16.1. The predicted molar refractivity (Wildman–Crippen MR) is 50.9 cm³/mol. The summed E-state index contributed by atoms with van der Waals surface area (Å²) in [6, 6.07) is 0. The van der Waals surface area contributed by atoms with Crippen LogP contribution in [0, 0.1) is 11.8 Å². The van der Waals surface area contributed by atoms with Crippen molar-refractivity contribution in [2.24, 2.45) is 11.8 Å². The van der Waals surface area contributed by atoms with Crippen LogP contribution in [0.4, 0.5) is 0 Å². The largest absolute Gasteiger partial charge is 0.295 e. The standard InChI is InChI=1S/C11H18O/c1-4-9-6-7-11(8(3)12)10(9)5-2/h7,9-10H,4-6H2,1-3H3/t9-,10-/m1/s1. The fourth-order valence-electron chi connectivity index (χ4n) is 2.26. The van der Waals surface area contributed by atoms with Gasteiger partial charge in [0.05, 0.1) is 0 Å². The lowest BCUT2D eigenvalue weighted by molar-refractivity contribution is -0.114. The van der Waals surface area contributed by atoms with Crippen molar-refractivity contribution in [2.75, 3.05) is 0 Å². The average Bonchev–Trinajstić information content (AvgIpc) is 2.46. The van der Waals surface area contributed by atoms with Crippen molar-refractivity contribution < 1.29 is 4.79 Å². The van der Waals surface area contributed by atoms with Crippen molar-refractivity contribution in [1.29, 1.82) is 0 Å². The summed E-state index contributed by atoms with van der Waals surface area (Å²) in [5.74, 6) is 1.55. The van der Waals surface area contributed by atoms with Gasteiger partial charge in [0, 0.05) is 0 Å². The lowest BCUT2D eigenvalue weighted by Crippen LogP contribution is -2.13. The van der Waals surface area contributed by atoms with Crippen molar-refractivity contribution in [2.45, 2.75) is 40.0 Å². The normalized spacial score (nSPS) is 28.8. The molecule has 0 aromatic rings. The van der Waals surface area contributed by atoms with E-state index < -0.39 is 0 Å². The molecule has 0 amide bonds. The molecule has 1 aliphatic carbocycles. The van der Waals surface area contributed by atoms with E-state index in [2.05, 4.69) is 19.9 Å². The average molecular weight is 166 g/mol. The lowest BCUT2D eigenvalue weighted by atomic mass is 9.86. The molecule has 68 valence electrons. The van der Waals surface area contributed by atoms with Crippen LogP contribution in [-0.2, 0) is 4.79 Å². The Labute approximate surface area is 74.9 Å². The van der Waals surface area contributed by atoms with Gasteiger partial charge in [0.2, 0.25) is 0 Å². The minimum absolute atomic E-state index is 0.276. The number of hydrogen-bond donors (Lipinski definition) is 0.